The van der Waals surface area contributed by atoms with E-state index in [2.05, 4.69) is 21.5 Å². The molecule has 5 rings (SSSR count). The van der Waals surface area contributed by atoms with Gasteiger partial charge in [-0.2, -0.15) is 18.6 Å². The molecule has 1 N–H and O–H groups in total. The number of amides is 1. The molecule has 0 saturated heterocycles. The molecule has 0 radical (unpaired) electrons. The second-order valence-electron chi connectivity index (χ2n) is 9.15. The fraction of sp³-hybridized carbons (Fsp3) is 0.440. The highest BCUT2D eigenvalue weighted by molar-refractivity contribution is 7.59. The Bertz CT molecular complexity index is 1210. The molecule has 3 aromatic heterocycles. The van der Waals surface area contributed by atoms with Gasteiger partial charge in [0.25, 0.3) is 0 Å². The Morgan fingerprint density at radius 3 is 2.68 bits per heavy atom. The lowest BCUT2D eigenvalue weighted by atomic mass is 10.0. The monoisotopic (exact) mass is 482 g/mol. The van der Waals surface area contributed by atoms with Gasteiger partial charge in [0.15, 0.2) is 0 Å². The highest BCUT2D eigenvalue weighted by Crippen LogP contribution is 2.40. The molecule has 1 aliphatic heterocycles. The fourth-order valence-corrected chi connectivity index (χ4v) is 4.60. The van der Waals surface area contributed by atoms with Crippen molar-refractivity contribution in [3.63, 3.8) is 0 Å². The molecule has 2 aliphatic rings. The zero-order chi connectivity index (χ0) is 23.1. The van der Waals surface area contributed by atoms with E-state index in [4.69, 9.17) is 4.98 Å². The number of aromatic nitrogens is 4. The lowest BCUT2D eigenvalue weighted by molar-refractivity contribution is -0.117. The predicted molar refractivity (Wildman–Crippen MR) is 135 cm³/mol. The molecule has 0 unspecified atom stereocenters. The first-order chi connectivity index (χ1) is 15.9. The SMILES string of the molecule is CC[C@H]1C(=O)Nc2c(cc(CCc3cnn(Cc4cnc(C5CC5)c(F)c4)c3)nc2C)N1C.S. The molecule has 3 aromatic rings. The molecule has 9 heteroatoms. The number of fused-ring (bicyclic) bond motifs is 1. The summed E-state index contributed by atoms with van der Waals surface area (Å²) in [6.45, 7) is 4.45. The average molecular weight is 483 g/mol. The van der Waals surface area contributed by atoms with Crippen LogP contribution in [-0.4, -0.2) is 38.7 Å². The maximum Gasteiger partial charge on any atom is 0.247 e. The Balaban J connectivity index is 0.00000274. The highest BCUT2D eigenvalue weighted by Gasteiger charge is 2.31. The minimum absolute atomic E-state index is 0. The number of carbonyl (C=O) groups excluding carboxylic acids is 1. The van der Waals surface area contributed by atoms with Gasteiger partial charge in [0, 0.05) is 31.1 Å². The van der Waals surface area contributed by atoms with Crippen LogP contribution in [0, 0.1) is 12.7 Å². The van der Waals surface area contributed by atoms with Crippen molar-refractivity contribution in [1.29, 1.82) is 0 Å². The average Bonchev–Trinajstić information content (AvgIpc) is 3.53. The molecule has 1 aliphatic carbocycles. The second-order valence-corrected chi connectivity index (χ2v) is 9.15. The third-order valence-corrected chi connectivity index (χ3v) is 6.61. The van der Waals surface area contributed by atoms with Crippen molar-refractivity contribution in [2.75, 3.05) is 17.3 Å². The van der Waals surface area contributed by atoms with Gasteiger partial charge in [-0.05, 0) is 62.3 Å². The zero-order valence-electron chi connectivity index (χ0n) is 19.8. The van der Waals surface area contributed by atoms with Crippen molar-refractivity contribution >= 4 is 30.8 Å². The maximum absolute atomic E-state index is 14.3. The van der Waals surface area contributed by atoms with Crippen molar-refractivity contribution < 1.29 is 9.18 Å². The van der Waals surface area contributed by atoms with Crippen LogP contribution in [0.4, 0.5) is 15.8 Å². The fourth-order valence-electron chi connectivity index (χ4n) is 4.60. The first kappa shape index (κ1) is 24.2. The number of nitrogens with zero attached hydrogens (tertiary/aromatic N) is 5. The van der Waals surface area contributed by atoms with Gasteiger partial charge in [0.1, 0.15) is 11.9 Å². The number of nitrogens with one attached hydrogen (secondary N) is 1. The Labute approximate surface area is 206 Å². The van der Waals surface area contributed by atoms with Crippen LogP contribution in [0.3, 0.4) is 0 Å². The Morgan fingerprint density at radius 2 is 1.97 bits per heavy atom. The number of aryl methyl sites for hydroxylation is 3. The van der Waals surface area contributed by atoms with E-state index >= 15 is 0 Å². The molecule has 1 fully saturated rings. The third-order valence-electron chi connectivity index (χ3n) is 6.61. The zero-order valence-corrected chi connectivity index (χ0v) is 20.8. The molecule has 0 bridgehead atoms. The van der Waals surface area contributed by atoms with Crippen LogP contribution in [0.5, 0.6) is 0 Å². The maximum atomic E-state index is 14.3. The van der Waals surface area contributed by atoms with Crippen LogP contribution in [0.2, 0.25) is 0 Å². The molecule has 1 amide bonds. The van der Waals surface area contributed by atoms with Gasteiger partial charge in [-0.1, -0.05) is 6.92 Å². The van der Waals surface area contributed by atoms with Crippen LogP contribution >= 0.6 is 13.5 Å². The first-order valence-corrected chi connectivity index (χ1v) is 11.6. The predicted octanol–water partition coefficient (Wildman–Crippen LogP) is 4.11. The Kier molecular flexibility index (Phi) is 6.93. The number of hydrogen-bond donors (Lipinski definition) is 1. The first-order valence-electron chi connectivity index (χ1n) is 11.6. The minimum Gasteiger partial charge on any atom is -0.361 e. The van der Waals surface area contributed by atoms with Gasteiger partial charge in [-0.15, -0.1) is 0 Å². The number of anilines is 2. The van der Waals surface area contributed by atoms with Gasteiger partial charge < -0.3 is 10.2 Å². The van der Waals surface area contributed by atoms with E-state index in [0.29, 0.717) is 18.2 Å². The molecular formula is C25H31FN6OS. The number of rotatable bonds is 7. The Morgan fingerprint density at radius 1 is 1.18 bits per heavy atom. The lowest BCUT2D eigenvalue weighted by Gasteiger charge is -2.35. The molecule has 1 atom stereocenters. The van der Waals surface area contributed by atoms with Crippen molar-refractivity contribution in [3.8, 4) is 0 Å². The van der Waals surface area contributed by atoms with Gasteiger partial charge >= 0.3 is 0 Å². The van der Waals surface area contributed by atoms with Gasteiger partial charge in [0.2, 0.25) is 5.91 Å². The van der Waals surface area contributed by atoms with Crippen molar-refractivity contribution in [1.82, 2.24) is 19.7 Å². The quantitative estimate of drug-likeness (QED) is 0.549. The topological polar surface area (TPSA) is 75.9 Å². The molecule has 1 saturated carbocycles. The Hall–Kier alpha value is -2.94. The van der Waals surface area contributed by atoms with E-state index < -0.39 is 0 Å². The number of hydrogen-bond acceptors (Lipinski definition) is 5. The summed E-state index contributed by atoms with van der Waals surface area (Å²) in [5, 5.41) is 7.46. The number of pyridine rings is 2. The molecule has 180 valence electrons. The van der Waals surface area contributed by atoms with Crippen LogP contribution in [0.25, 0.3) is 0 Å². The van der Waals surface area contributed by atoms with E-state index in [1.165, 1.54) is 0 Å². The van der Waals surface area contributed by atoms with Crippen LogP contribution < -0.4 is 10.2 Å². The summed E-state index contributed by atoms with van der Waals surface area (Å²) in [7, 11) is 1.97. The molecule has 0 aromatic carbocycles. The number of carbonyl (C=O) groups is 1. The summed E-state index contributed by atoms with van der Waals surface area (Å²) in [6.07, 6.45) is 10.0. The van der Waals surface area contributed by atoms with Crippen LogP contribution in [0.15, 0.2) is 30.7 Å². The van der Waals surface area contributed by atoms with Gasteiger partial charge in [0.05, 0.1) is 35.5 Å². The summed E-state index contributed by atoms with van der Waals surface area (Å²) in [6, 6.07) is 3.49. The molecular weight excluding hydrogens is 451 g/mol. The largest absolute Gasteiger partial charge is 0.361 e. The minimum atomic E-state index is -0.206. The normalized spacial score (nSPS) is 17.2. The molecule has 0 spiro atoms. The third kappa shape index (κ3) is 4.80. The van der Waals surface area contributed by atoms with Crippen LogP contribution in [-0.2, 0) is 24.2 Å². The summed E-state index contributed by atoms with van der Waals surface area (Å²) in [4.78, 5) is 23.4. The highest BCUT2D eigenvalue weighted by atomic mass is 32.1. The summed E-state index contributed by atoms with van der Waals surface area (Å²) in [5.41, 5.74) is 6.15. The summed E-state index contributed by atoms with van der Waals surface area (Å²) < 4.78 is 16.1. The van der Waals surface area contributed by atoms with E-state index in [9.17, 15) is 9.18 Å². The number of likely N-dealkylation sites (N-methyl/N-ethyl adjacent to an activating group) is 1. The summed E-state index contributed by atoms with van der Waals surface area (Å²) >= 11 is 0. The van der Waals surface area contributed by atoms with Crippen molar-refractivity contribution in [3.05, 3.63) is 64.7 Å². The van der Waals surface area contributed by atoms with Crippen molar-refractivity contribution in [2.24, 2.45) is 0 Å². The molecule has 34 heavy (non-hydrogen) atoms. The second kappa shape index (κ2) is 9.74. The lowest BCUT2D eigenvalue weighted by Crippen LogP contribution is -2.46. The standard InChI is InChI=1S/C25H29FN6O.H2S/c1-4-21-25(33)30-23-15(2)29-19(10-22(23)31(21)3)8-5-16-12-28-32(13-16)14-17-9-20(26)24(27-11-17)18-6-7-18;/h9-13,18,21H,4-8,14H2,1-3H3,(H,30,33);1H2/t21-;/m0./s1. The number of halogens is 1. The van der Waals surface area contributed by atoms with E-state index in [-0.39, 0.29) is 31.3 Å². The smallest absolute Gasteiger partial charge is 0.247 e. The van der Waals surface area contributed by atoms with E-state index in [0.717, 1.165) is 66.0 Å². The molecule has 4 heterocycles. The summed E-state index contributed by atoms with van der Waals surface area (Å²) in [5.74, 6) is 0.123. The van der Waals surface area contributed by atoms with Crippen molar-refractivity contribution in [2.45, 2.75) is 64.5 Å². The van der Waals surface area contributed by atoms with Crippen LogP contribution in [0.1, 0.15) is 60.3 Å². The van der Waals surface area contributed by atoms with Gasteiger partial charge in [-0.25, -0.2) is 4.39 Å². The van der Waals surface area contributed by atoms with E-state index in [1.54, 1.807) is 12.3 Å². The van der Waals surface area contributed by atoms with E-state index in [1.807, 2.05) is 42.9 Å². The molecule has 7 nitrogen and oxygen atoms in total. The van der Waals surface area contributed by atoms with Gasteiger partial charge in [-0.3, -0.25) is 19.4 Å².